The van der Waals surface area contributed by atoms with E-state index in [0.29, 0.717) is 12.2 Å². The van der Waals surface area contributed by atoms with Crippen LogP contribution in [-0.2, 0) is 34.2 Å². The minimum Gasteiger partial charge on any atom is -0.465 e. The van der Waals surface area contributed by atoms with Gasteiger partial charge in [0, 0.05) is 12.0 Å². The highest BCUT2D eigenvalue weighted by Crippen LogP contribution is 2.40. The fourth-order valence-electron chi connectivity index (χ4n) is 2.65. The number of esters is 3. The molecule has 1 aliphatic heterocycles. The summed E-state index contributed by atoms with van der Waals surface area (Å²) in [5.74, 6) is -2.14. The lowest BCUT2D eigenvalue weighted by atomic mass is 9.87. The van der Waals surface area contributed by atoms with Crippen molar-refractivity contribution in [1.29, 1.82) is 0 Å². The molecule has 0 aromatic heterocycles. The van der Waals surface area contributed by atoms with Gasteiger partial charge in [-0.05, 0) is 18.1 Å². The second-order valence-corrected chi connectivity index (χ2v) is 5.96. The van der Waals surface area contributed by atoms with E-state index in [1.54, 1.807) is 24.3 Å². The molecular formula is C20H22O6. The summed E-state index contributed by atoms with van der Waals surface area (Å²) in [4.78, 5) is 36.2. The van der Waals surface area contributed by atoms with Crippen LogP contribution in [0, 0.1) is 0 Å². The fraction of sp³-hybridized carbons (Fsp3) is 0.350. The summed E-state index contributed by atoms with van der Waals surface area (Å²) in [6.45, 7) is 6.06. The van der Waals surface area contributed by atoms with Crippen molar-refractivity contribution in [2.24, 2.45) is 0 Å². The van der Waals surface area contributed by atoms with Gasteiger partial charge in [0.25, 0.3) is 0 Å². The summed E-state index contributed by atoms with van der Waals surface area (Å²) in [7, 11) is 1.18. The molecule has 0 saturated carbocycles. The van der Waals surface area contributed by atoms with E-state index in [-0.39, 0.29) is 17.6 Å². The molecule has 0 saturated heterocycles. The molecule has 0 N–H and O–H groups in total. The molecule has 1 aromatic carbocycles. The summed E-state index contributed by atoms with van der Waals surface area (Å²) in [5, 5.41) is 0. The molecule has 0 fully saturated rings. The fourth-order valence-corrected chi connectivity index (χ4v) is 2.65. The lowest BCUT2D eigenvalue weighted by Gasteiger charge is -2.27. The lowest BCUT2D eigenvalue weighted by Crippen LogP contribution is -2.28. The Balaban J connectivity index is 2.31. The normalized spacial score (nSPS) is 18.7. The highest BCUT2D eigenvalue weighted by Gasteiger charge is 2.45. The van der Waals surface area contributed by atoms with Crippen molar-refractivity contribution in [2.45, 2.75) is 31.8 Å². The number of hydrogen-bond donors (Lipinski definition) is 0. The van der Waals surface area contributed by atoms with Crippen LogP contribution in [0.15, 0.2) is 54.1 Å². The Morgan fingerprint density at radius 3 is 2.54 bits per heavy atom. The molecule has 26 heavy (non-hydrogen) atoms. The van der Waals surface area contributed by atoms with Gasteiger partial charge in [-0.1, -0.05) is 50.3 Å². The van der Waals surface area contributed by atoms with Crippen LogP contribution in [0.5, 0.6) is 0 Å². The first kappa shape index (κ1) is 19.4. The van der Waals surface area contributed by atoms with Crippen molar-refractivity contribution in [2.75, 3.05) is 13.7 Å². The topological polar surface area (TPSA) is 78.9 Å². The first-order valence-electron chi connectivity index (χ1n) is 8.38. The molecule has 1 heterocycles. The number of hydrogen-bond acceptors (Lipinski definition) is 6. The number of carbonyl (C=O) groups excluding carboxylic acids is 3. The zero-order chi connectivity index (χ0) is 19.2. The van der Waals surface area contributed by atoms with Crippen LogP contribution in [0.3, 0.4) is 0 Å². The van der Waals surface area contributed by atoms with E-state index in [4.69, 9.17) is 9.47 Å². The van der Waals surface area contributed by atoms with Gasteiger partial charge in [0.05, 0.1) is 13.7 Å². The Morgan fingerprint density at radius 2 is 1.92 bits per heavy atom. The van der Waals surface area contributed by atoms with Gasteiger partial charge in [-0.15, -0.1) is 0 Å². The monoisotopic (exact) mass is 358 g/mol. The van der Waals surface area contributed by atoms with Crippen LogP contribution >= 0.6 is 0 Å². The summed E-state index contributed by atoms with van der Waals surface area (Å²) in [5.41, 5.74) is -0.735. The molecule has 6 heteroatoms. The smallest absolute Gasteiger partial charge is 0.346 e. The van der Waals surface area contributed by atoms with Crippen molar-refractivity contribution in [3.8, 4) is 0 Å². The van der Waals surface area contributed by atoms with Gasteiger partial charge in [-0.25, -0.2) is 14.4 Å². The van der Waals surface area contributed by atoms with Crippen LogP contribution in [-0.4, -0.2) is 31.6 Å². The second kappa shape index (κ2) is 8.47. The van der Waals surface area contributed by atoms with Crippen molar-refractivity contribution in [1.82, 2.24) is 0 Å². The van der Waals surface area contributed by atoms with Gasteiger partial charge in [-0.2, -0.15) is 0 Å². The van der Waals surface area contributed by atoms with E-state index in [0.717, 1.165) is 12.8 Å². The molecule has 1 aromatic rings. The molecular weight excluding hydrogens is 336 g/mol. The highest BCUT2D eigenvalue weighted by atomic mass is 16.6. The molecule has 0 spiro atoms. The third kappa shape index (κ3) is 4.20. The van der Waals surface area contributed by atoms with Gasteiger partial charge >= 0.3 is 17.9 Å². The molecule has 0 radical (unpaired) electrons. The van der Waals surface area contributed by atoms with Crippen molar-refractivity contribution in [3.05, 3.63) is 59.7 Å². The van der Waals surface area contributed by atoms with Crippen molar-refractivity contribution < 1.29 is 28.6 Å². The zero-order valence-electron chi connectivity index (χ0n) is 14.9. The summed E-state index contributed by atoms with van der Waals surface area (Å²) >= 11 is 0. The van der Waals surface area contributed by atoms with Crippen LogP contribution in [0.2, 0.25) is 0 Å². The lowest BCUT2D eigenvalue weighted by molar-refractivity contribution is -0.151. The maximum absolute atomic E-state index is 12.2. The number of ether oxygens (including phenoxy) is 3. The number of benzene rings is 1. The average molecular weight is 358 g/mol. The summed E-state index contributed by atoms with van der Waals surface area (Å²) < 4.78 is 15.3. The number of methoxy groups -OCH3 is 1. The third-order valence-electron chi connectivity index (χ3n) is 4.04. The number of cyclic esters (lactones) is 1. The maximum atomic E-state index is 12.2. The predicted molar refractivity (Wildman–Crippen MR) is 93.9 cm³/mol. The standard InChI is InChI=1S/C20H22O6/c1-4-5-11-25-17(21)14(2)12-20(15-9-7-6-8-10-15)13-16(18(22)24-3)19(23)26-20/h6-10,13H,2,4-5,11-12H2,1,3H3. The Bertz CT molecular complexity index is 734. The van der Waals surface area contributed by atoms with Crippen LogP contribution in [0.25, 0.3) is 0 Å². The minimum absolute atomic E-state index is 0.0196. The summed E-state index contributed by atoms with van der Waals surface area (Å²) in [6, 6.07) is 8.86. The molecule has 1 unspecified atom stereocenters. The molecule has 0 aliphatic carbocycles. The van der Waals surface area contributed by atoms with Gasteiger partial charge < -0.3 is 14.2 Å². The second-order valence-electron chi connectivity index (χ2n) is 5.96. The number of unbranched alkanes of at least 4 members (excludes halogenated alkanes) is 1. The number of rotatable bonds is 8. The molecule has 1 atom stereocenters. The zero-order valence-corrected chi connectivity index (χ0v) is 14.9. The Labute approximate surface area is 152 Å². The minimum atomic E-state index is -1.30. The van der Waals surface area contributed by atoms with Crippen LogP contribution in [0.1, 0.15) is 31.7 Å². The van der Waals surface area contributed by atoms with E-state index in [9.17, 15) is 14.4 Å². The molecule has 1 aliphatic rings. The quantitative estimate of drug-likeness (QED) is 0.234. The van der Waals surface area contributed by atoms with E-state index >= 15 is 0 Å². The Hall–Kier alpha value is -2.89. The van der Waals surface area contributed by atoms with Crippen LogP contribution in [0.4, 0.5) is 0 Å². The van der Waals surface area contributed by atoms with Crippen molar-refractivity contribution in [3.63, 3.8) is 0 Å². The molecule has 6 nitrogen and oxygen atoms in total. The highest BCUT2D eigenvalue weighted by molar-refractivity contribution is 6.15. The number of carbonyl (C=O) groups is 3. The molecule has 0 bridgehead atoms. The molecule has 138 valence electrons. The maximum Gasteiger partial charge on any atom is 0.346 e. The van der Waals surface area contributed by atoms with Gasteiger partial charge in [0.15, 0.2) is 5.60 Å². The summed E-state index contributed by atoms with van der Waals surface area (Å²) in [6.07, 6.45) is 3.02. The Kier molecular flexibility index (Phi) is 6.33. The van der Waals surface area contributed by atoms with E-state index in [2.05, 4.69) is 11.3 Å². The van der Waals surface area contributed by atoms with Gasteiger partial charge in [0.2, 0.25) is 0 Å². The third-order valence-corrected chi connectivity index (χ3v) is 4.04. The van der Waals surface area contributed by atoms with Gasteiger partial charge in [-0.3, -0.25) is 0 Å². The Morgan fingerprint density at radius 1 is 1.23 bits per heavy atom. The molecule has 2 rings (SSSR count). The average Bonchev–Trinajstić information content (AvgIpc) is 2.99. The van der Waals surface area contributed by atoms with Crippen LogP contribution < -0.4 is 0 Å². The predicted octanol–water partition coefficient (Wildman–Crippen LogP) is 2.83. The van der Waals surface area contributed by atoms with E-state index < -0.39 is 23.5 Å². The largest absolute Gasteiger partial charge is 0.465 e. The first-order chi connectivity index (χ1) is 12.4. The van der Waals surface area contributed by atoms with E-state index in [1.807, 2.05) is 13.0 Å². The first-order valence-corrected chi connectivity index (χ1v) is 8.38. The van der Waals surface area contributed by atoms with Gasteiger partial charge in [0.1, 0.15) is 5.57 Å². The SMILES string of the molecule is C=C(CC1(c2ccccc2)C=C(C(=O)OC)C(=O)O1)C(=O)OCCCC. The van der Waals surface area contributed by atoms with E-state index in [1.165, 1.54) is 13.2 Å². The molecule has 0 amide bonds. The van der Waals surface area contributed by atoms with Crippen molar-refractivity contribution >= 4 is 17.9 Å².